The second kappa shape index (κ2) is 7.43. The Hall–Kier alpha value is -1.59. The van der Waals surface area contributed by atoms with Crippen molar-refractivity contribution in [2.45, 2.75) is 38.3 Å². The molecule has 0 bridgehead atoms. The second-order valence-electron chi connectivity index (χ2n) is 5.80. The lowest BCUT2D eigenvalue weighted by atomic mass is 9.73. The highest BCUT2D eigenvalue weighted by atomic mass is 16.5. The van der Waals surface area contributed by atoms with Gasteiger partial charge in [-0.2, -0.15) is 0 Å². The van der Waals surface area contributed by atoms with Crippen molar-refractivity contribution >= 4 is 6.09 Å². The summed E-state index contributed by atoms with van der Waals surface area (Å²) >= 11 is 0. The van der Waals surface area contributed by atoms with Crippen LogP contribution in [-0.2, 0) is 11.3 Å². The van der Waals surface area contributed by atoms with Gasteiger partial charge in [0.25, 0.3) is 0 Å². The molecule has 2 rings (SSSR count). The topological polar surface area (TPSA) is 78.8 Å². The molecule has 5 nitrogen and oxygen atoms in total. The van der Waals surface area contributed by atoms with Crippen molar-refractivity contribution in [3.8, 4) is 0 Å². The van der Waals surface area contributed by atoms with E-state index >= 15 is 0 Å². The van der Waals surface area contributed by atoms with E-state index in [9.17, 15) is 15.0 Å². The largest absolute Gasteiger partial charge is 0.445 e. The zero-order valence-corrected chi connectivity index (χ0v) is 12.1. The Labute approximate surface area is 124 Å². The molecule has 0 aliphatic heterocycles. The van der Waals surface area contributed by atoms with Gasteiger partial charge < -0.3 is 20.3 Å². The molecule has 1 saturated carbocycles. The van der Waals surface area contributed by atoms with Crippen LogP contribution in [0.2, 0.25) is 0 Å². The van der Waals surface area contributed by atoms with Crippen LogP contribution in [0.5, 0.6) is 0 Å². The van der Waals surface area contributed by atoms with Gasteiger partial charge in [0.15, 0.2) is 0 Å². The van der Waals surface area contributed by atoms with Crippen LogP contribution in [0.3, 0.4) is 0 Å². The van der Waals surface area contributed by atoms with Crippen LogP contribution in [0.1, 0.15) is 31.2 Å². The summed E-state index contributed by atoms with van der Waals surface area (Å²) in [5.41, 5.74) is 0.572. The summed E-state index contributed by atoms with van der Waals surface area (Å²) in [5.74, 6) is 0. The average Bonchev–Trinajstić information content (AvgIpc) is 2.55. The molecule has 0 aromatic heterocycles. The number of hydrogen-bond donors (Lipinski definition) is 3. The number of alkyl carbamates (subject to hydrolysis) is 1. The third kappa shape index (κ3) is 4.44. The fourth-order valence-corrected chi connectivity index (χ4v) is 2.67. The van der Waals surface area contributed by atoms with Crippen molar-refractivity contribution in [2.75, 3.05) is 13.2 Å². The molecule has 1 aromatic carbocycles. The van der Waals surface area contributed by atoms with Gasteiger partial charge in [-0.15, -0.1) is 0 Å². The third-order valence-electron chi connectivity index (χ3n) is 4.25. The molecule has 0 spiro atoms. The lowest BCUT2D eigenvalue weighted by Crippen LogP contribution is -2.43. The van der Waals surface area contributed by atoms with Crippen LogP contribution < -0.4 is 5.32 Å². The van der Waals surface area contributed by atoms with Gasteiger partial charge in [0.05, 0.1) is 13.2 Å². The Morgan fingerprint density at radius 2 is 1.81 bits per heavy atom. The second-order valence-corrected chi connectivity index (χ2v) is 5.80. The number of hydrogen-bond acceptors (Lipinski definition) is 4. The minimum Gasteiger partial charge on any atom is -0.445 e. The van der Waals surface area contributed by atoms with E-state index in [0.717, 1.165) is 18.4 Å². The summed E-state index contributed by atoms with van der Waals surface area (Å²) in [6, 6.07) is 9.59. The first-order valence-electron chi connectivity index (χ1n) is 7.36. The Morgan fingerprint density at radius 3 is 2.38 bits per heavy atom. The van der Waals surface area contributed by atoms with Crippen LogP contribution in [0, 0.1) is 5.41 Å². The van der Waals surface area contributed by atoms with Gasteiger partial charge in [-0.25, -0.2) is 4.79 Å². The summed E-state index contributed by atoms with van der Waals surface area (Å²) in [6.07, 6.45) is 2.51. The van der Waals surface area contributed by atoms with Gasteiger partial charge in [-0.05, 0) is 31.2 Å². The molecule has 0 unspecified atom stereocenters. The maximum Gasteiger partial charge on any atom is 0.407 e. The maximum absolute atomic E-state index is 11.8. The van der Waals surface area contributed by atoms with E-state index in [1.54, 1.807) is 0 Å². The van der Waals surface area contributed by atoms with Crippen molar-refractivity contribution in [1.82, 2.24) is 5.32 Å². The van der Waals surface area contributed by atoms with Crippen LogP contribution in [0.4, 0.5) is 4.79 Å². The van der Waals surface area contributed by atoms with Crippen molar-refractivity contribution in [2.24, 2.45) is 5.41 Å². The molecule has 116 valence electrons. The molecule has 1 aromatic rings. The lowest BCUT2D eigenvalue weighted by molar-refractivity contribution is 0.0159. The van der Waals surface area contributed by atoms with Crippen molar-refractivity contribution in [1.29, 1.82) is 0 Å². The number of aliphatic hydroxyl groups is 2. The highest BCUT2D eigenvalue weighted by Crippen LogP contribution is 2.35. The number of carbonyl (C=O) groups is 1. The summed E-state index contributed by atoms with van der Waals surface area (Å²) in [6.45, 7) is 0.250. The number of aliphatic hydroxyl groups excluding tert-OH is 2. The molecular weight excluding hydrogens is 270 g/mol. The maximum atomic E-state index is 11.8. The fraction of sp³-hybridized carbons (Fsp3) is 0.562. The van der Waals surface area contributed by atoms with E-state index in [2.05, 4.69) is 5.32 Å². The zero-order valence-electron chi connectivity index (χ0n) is 12.1. The summed E-state index contributed by atoms with van der Waals surface area (Å²) in [7, 11) is 0. The van der Waals surface area contributed by atoms with E-state index < -0.39 is 6.09 Å². The lowest BCUT2D eigenvalue weighted by Gasteiger charge is -2.37. The zero-order chi connectivity index (χ0) is 15.1. The Balaban J connectivity index is 1.72. The molecule has 1 amide bonds. The molecule has 1 aliphatic rings. The average molecular weight is 293 g/mol. The number of amides is 1. The fourth-order valence-electron chi connectivity index (χ4n) is 2.67. The minimum atomic E-state index is -0.413. The van der Waals surface area contributed by atoms with E-state index in [4.69, 9.17) is 4.74 Å². The third-order valence-corrected chi connectivity index (χ3v) is 4.25. The van der Waals surface area contributed by atoms with E-state index in [0.29, 0.717) is 12.8 Å². The number of ether oxygens (including phenoxy) is 1. The number of benzene rings is 1. The minimum absolute atomic E-state index is 0.00528. The number of nitrogens with one attached hydrogen (secondary N) is 1. The van der Waals surface area contributed by atoms with Gasteiger partial charge in [-0.3, -0.25) is 0 Å². The van der Waals surface area contributed by atoms with E-state index in [1.807, 2.05) is 30.3 Å². The van der Waals surface area contributed by atoms with E-state index in [-0.39, 0.29) is 31.3 Å². The van der Waals surface area contributed by atoms with Crippen LogP contribution in [0.25, 0.3) is 0 Å². The first-order chi connectivity index (χ1) is 10.2. The van der Waals surface area contributed by atoms with Crippen LogP contribution >= 0.6 is 0 Å². The first-order valence-corrected chi connectivity index (χ1v) is 7.36. The van der Waals surface area contributed by atoms with Crippen molar-refractivity contribution in [3.05, 3.63) is 35.9 Å². The molecule has 1 fully saturated rings. The van der Waals surface area contributed by atoms with Crippen molar-refractivity contribution < 1.29 is 19.7 Å². The highest BCUT2D eigenvalue weighted by molar-refractivity contribution is 5.67. The first kappa shape index (κ1) is 15.8. The van der Waals surface area contributed by atoms with Crippen LogP contribution in [-0.4, -0.2) is 35.6 Å². The smallest absolute Gasteiger partial charge is 0.407 e. The molecule has 3 N–H and O–H groups in total. The predicted molar refractivity (Wildman–Crippen MR) is 78.6 cm³/mol. The van der Waals surface area contributed by atoms with Gasteiger partial charge >= 0.3 is 6.09 Å². The molecule has 0 atom stereocenters. The highest BCUT2D eigenvalue weighted by Gasteiger charge is 2.34. The number of carbonyl (C=O) groups excluding carboxylic acids is 1. The molecule has 0 heterocycles. The molecule has 5 heteroatoms. The SMILES string of the molecule is O=C(NC1CCC(CO)(CO)CC1)OCc1ccccc1. The molecule has 0 saturated heterocycles. The van der Waals surface area contributed by atoms with E-state index in [1.165, 1.54) is 0 Å². The summed E-state index contributed by atoms with van der Waals surface area (Å²) in [4.78, 5) is 11.8. The van der Waals surface area contributed by atoms with Gasteiger partial charge in [0, 0.05) is 11.5 Å². The molecule has 0 radical (unpaired) electrons. The Bertz CT molecular complexity index is 435. The monoisotopic (exact) mass is 293 g/mol. The van der Waals surface area contributed by atoms with Gasteiger partial charge in [0.2, 0.25) is 0 Å². The van der Waals surface area contributed by atoms with Crippen molar-refractivity contribution in [3.63, 3.8) is 0 Å². The summed E-state index contributed by atoms with van der Waals surface area (Å²) < 4.78 is 5.19. The Morgan fingerprint density at radius 1 is 1.19 bits per heavy atom. The Kier molecular flexibility index (Phi) is 5.59. The van der Waals surface area contributed by atoms with Crippen LogP contribution in [0.15, 0.2) is 30.3 Å². The standard InChI is InChI=1S/C16H23NO4/c18-11-16(12-19)8-6-14(7-9-16)17-15(20)21-10-13-4-2-1-3-5-13/h1-5,14,18-19H,6-12H2,(H,17,20). The molecule has 1 aliphatic carbocycles. The molecular formula is C16H23NO4. The molecule has 21 heavy (non-hydrogen) atoms. The van der Waals surface area contributed by atoms with Gasteiger partial charge in [0.1, 0.15) is 6.61 Å². The predicted octanol–water partition coefficient (Wildman–Crippen LogP) is 1.83. The summed E-state index contributed by atoms with van der Waals surface area (Å²) in [5, 5.41) is 21.5. The quantitative estimate of drug-likeness (QED) is 0.774. The normalized spacial score (nSPS) is 18.2. The van der Waals surface area contributed by atoms with Gasteiger partial charge in [-0.1, -0.05) is 30.3 Å². The number of rotatable bonds is 5.